The van der Waals surface area contributed by atoms with E-state index in [2.05, 4.69) is 0 Å². The van der Waals surface area contributed by atoms with Gasteiger partial charge in [-0.15, -0.1) is 0 Å². The predicted octanol–water partition coefficient (Wildman–Crippen LogP) is 1.03. The van der Waals surface area contributed by atoms with Crippen LogP contribution in [0.25, 0.3) is 0 Å². The van der Waals surface area contributed by atoms with E-state index in [1.54, 1.807) is 21.3 Å². The molecule has 7 heteroatoms. The molecule has 0 unspecified atom stereocenters. The predicted molar refractivity (Wildman–Crippen MR) is 74.1 cm³/mol. The van der Waals surface area contributed by atoms with Crippen LogP contribution in [-0.4, -0.2) is 69.8 Å². The van der Waals surface area contributed by atoms with Crippen LogP contribution in [-0.2, 0) is 27.5 Å². The lowest BCUT2D eigenvalue weighted by atomic mass is 10.8. The van der Waals surface area contributed by atoms with Crippen molar-refractivity contribution in [2.45, 2.75) is 6.92 Å². The van der Waals surface area contributed by atoms with E-state index in [0.29, 0.717) is 39.6 Å². The maximum Gasteiger partial charge on any atom is 0.529 e. The molecular formula is C12H26O6Si. The molecule has 0 radical (unpaired) electrons. The summed E-state index contributed by atoms with van der Waals surface area (Å²) >= 11 is 0. The lowest BCUT2D eigenvalue weighted by Crippen LogP contribution is -2.46. The molecule has 0 amide bonds. The lowest BCUT2D eigenvalue weighted by molar-refractivity contribution is 0.0231. The fourth-order valence-electron chi connectivity index (χ4n) is 1.28. The molecule has 0 fully saturated rings. The Bertz CT molecular complexity index is 198. The van der Waals surface area contributed by atoms with Crippen molar-refractivity contribution < 1.29 is 27.5 Å². The number of hydrogen-bond acceptors (Lipinski definition) is 6. The Morgan fingerprint density at radius 3 is 1.32 bits per heavy atom. The summed E-state index contributed by atoms with van der Waals surface area (Å²) in [6.07, 6.45) is 1.87. The first-order valence-electron chi connectivity index (χ1n) is 6.27. The zero-order valence-corrected chi connectivity index (χ0v) is 13.3. The Kier molecular flexibility index (Phi) is 12.5. The first-order chi connectivity index (χ1) is 9.24. The topological polar surface area (TPSA) is 55.4 Å². The minimum absolute atomic E-state index is 0.424. The van der Waals surface area contributed by atoms with Crippen molar-refractivity contribution in [1.29, 1.82) is 0 Å². The fourth-order valence-corrected chi connectivity index (χ4v) is 3.33. The van der Waals surface area contributed by atoms with E-state index in [1.165, 1.54) is 0 Å². The lowest BCUT2D eigenvalue weighted by Gasteiger charge is -2.26. The summed E-state index contributed by atoms with van der Waals surface area (Å²) in [5.41, 5.74) is 1.86. The molecule has 0 aromatic rings. The van der Waals surface area contributed by atoms with Gasteiger partial charge in [-0.05, 0) is 12.6 Å². The van der Waals surface area contributed by atoms with E-state index in [9.17, 15) is 0 Å². The Morgan fingerprint density at radius 2 is 1.05 bits per heavy atom. The third-order valence-corrected chi connectivity index (χ3v) is 4.70. The van der Waals surface area contributed by atoms with Crippen LogP contribution in [0.2, 0.25) is 0 Å². The van der Waals surface area contributed by atoms with Crippen LogP contribution in [0.4, 0.5) is 0 Å². The van der Waals surface area contributed by atoms with Gasteiger partial charge in [-0.25, -0.2) is 0 Å². The molecule has 0 aliphatic heterocycles. The second-order valence-corrected chi connectivity index (χ2v) is 6.03. The minimum Gasteiger partial charge on any atom is -0.382 e. The number of allylic oxidation sites excluding steroid dienone is 1. The van der Waals surface area contributed by atoms with Crippen molar-refractivity contribution in [3.63, 3.8) is 0 Å². The summed E-state index contributed by atoms with van der Waals surface area (Å²) in [4.78, 5) is 0. The van der Waals surface area contributed by atoms with Crippen LogP contribution >= 0.6 is 0 Å². The van der Waals surface area contributed by atoms with E-state index in [0.717, 1.165) is 0 Å². The maximum absolute atomic E-state index is 5.78. The molecule has 0 heterocycles. The standard InChI is InChI=1S/C12H26O6Si/c1-5-12-19(16-9-6-13-2,17-10-7-14-3)18-11-8-15-4/h5,12H,6-11H2,1-4H3. The van der Waals surface area contributed by atoms with E-state index < -0.39 is 8.80 Å². The molecule has 0 spiro atoms. The summed E-state index contributed by atoms with van der Waals surface area (Å²) in [7, 11) is 2.05. The van der Waals surface area contributed by atoms with Gasteiger partial charge in [0.2, 0.25) is 0 Å². The molecule has 0 saturated heterocycles. The van der Waals surface area contributed by atoms with Crippen molar-refractivity contribution in [2.24, 2.45) is 0 Å². The number of hydrogen-bond donors (Lipinski definition) is 0. The van der Waals surface area contributed by atoms with Gasteiger partial charge in [-0.3, -0.25) is 0 Å². The van der Waals surface area contributed by atoms with Crippen LogP contribution in [0.3, 0.4) is 0 Å². The highest BCUT2D eigenvalue weighted by molar-refractivity contribution is 6.66. The van der Waals surface area contributed by atoms with E-state index in [4.69, 9.17) is 27.5 Å². The van der Waals surface area contributed by atoms with E-state index in [-0.39, 0.29) is 0 Å². The molecule has 0 aromatic carbocycles. The van der Waals surface area contributed by atoms with Crippen molar-refractivity contribution >= 4 is 8.80 Å². The van der Waals surface area contributed by atoms with Crippen LogP contribution in [0.5, 0.6) is 0 Å². The molecule has 0 aliphatic carbocycles. The summed E-state index contributed by atoms with van der Waals surface area (Å²) in [6.45, 7) is 4.66. The molecule has 19 heavy (non-hydrogen) atoms. The van der Waals surface area contributed by atoms with Crippen LogP contribution in [0, 0.1) is 0 Å². The summed E-state index contributed by atoms with van der Waals surface area (Å²) in [5.74, 6) is 0. The zero-order valence-electron chi connectivity index (χ0n) is 12.3. The largest absolute Gasteiger partial charge is 0.529 e. The molecule has 0 rings (SSSR count). The van der Waals surface area contributed by atoms with Gasteiger partial charge in [0.1, 0.15) is 0 Å². The first-order valence-corrected chi connectivity index (χ1v) is 8.07. The van der Waals surface area contributed by atoms with Gasteiger partial charge in [-0.2, -0.15) is 0 Å². The Balaban J connectivity index is 4.47. The summed E-state index contributed by atoms with van der Waals surface area (Å²) in [5, 5.41) is 0. The quantitative estimate of drug-likeness (QED) is 0.373. The van der Waals surface area contributed by atoms with Gasteiger partial charge in [0, 0.05) is 21.3 Å². The number of ether oxygens (including phenoxy) is 3. The molecule has 114 valence electrons. The zero-order chi connectivity index (χ0) is 14.4. The normalized spacial score (nSPS) is 12.4. The summed E-state index contributed by atoms with van der Waals surface area (Å²) < 4.78 is 32.3. The highest BCUT2D eigenvalue weighted by atomic mass is 28.4. The Labute approximate surface area is 116 Å². The Hall–Kier alpha value is -0.283. The van der Waals surface area contributed by atoms with Crippen molar-refractivity contribution in [3.05, 3.63) is 11.8 Å². The van der Waals surface area contributed by atoms with E-state index in [1.807, 2.05) is 18.7 Å². The van der Waals surface area contributed by atoms with Crippen molar-refractivity contribution in [3.8, 4) is 0 Å². The molecule has 6 nitrogen and oxygen atoms in total. The van der Waals surface area contributed by atoms with Crippen LogP contribution < -0.4 is 0 Å². The second-order valence-electron chi connectivity index (χ2n) is 3.63. The van der Waals surface area contributed by atoms with Crippen molar-refractivity contribution in [1.82, 2.24) is 0 Å². The van der Waals surface area contributed by atoms with Crippen LogP contribution in [0.1, 0.15) is 6.92 Å². The smallest absolute Gasteiger partial charge is 0.382 e. The minimum atomic E-state index is -2.83. The average molecular weight is 294 g/mol. The first kappa shape index (κ1) is 18.7. The van der Waals surface area contributed by atoms with Gasteiger partial charge in [0.25, 0.3) is 0 Å². The van der Waals surface area contributed by atoms with Gasteiger partial charge in [0.15, 0.2) is 0 Å². The number of methoxy groups -OCH3 is 3. The van der Waals surface area contributed by atoms with Gasteiger partial charge >= 0.3 is 8.80 Å². The molecular weight excluding hydrogens is 268 g/mol. The fraction of sp³-hybridized carbons (Fsp3) is 0.833. The highest BCUT2D eigenvalue weighted by Crippen LogP contribution is 2.12. The molecule has 0 atom stereocenters. The van der Waals surface area contributed by atoms with Gasteiger partial charge in [-0.1, -0.05) is 6.08 Å². The Morgan fingerprint density at radius 1 is 0.684 bits per heavy atom. The van der Waals surface area contributed by atoms with E-state index >= 15 is 0 Å². The average Bonchev–Trinajstić information content (AvgIpc) is 2.40. The van der Waals surface area contributed by atoms with Crippen LogP contribution in [0.15, 0.2) is 11.8 Å². The SMILES string of the molecule is CC=C[Si](OCCOC)(OCCOC)OCCOC. The maximum atomic E-state index is 5.78. The molecule has 0 N–H and O–H groups in total. The second kappa shape index (κ2) is 12.7. The van der Waals surface area contributed by atoms with Gasteiger partial charge < -0.3 is 27.5 Å². The summed E-state index contributed by atoms with van der Waals surface area (Å²) in [6, 6.07) is 0. The highest BCUT2D eigenvalue weighted by Gasteiger charge is 2.38. The third kappa shape index (κ3) is 9.28. The molecule has 0 aliphatic rings. The van der Waals surface area contributed by atoms with Gasteiger partial charge in [0.05, 0.1) is 39.6 Å². The molecule has 0 bridgehead atoms. The number of rotatable bonds is 13. The third-order valence-electron chi connectivity index (χ3n) is 2.14. The molecule has 0 saturated carbocycles. The van der Waals surface area contributed by atoms with Crippen molar-refractivity contribution in [2.75, 3.05) is 61.0 Å². The monoisotopic (exact) mass is 294 g/mol. The molecule has 0 aromatic heterocycles.